The first kappa shape index (κ1) is 18.3. The quantitative estimate of drug-likeness (QED) is 0.694. The fourth-order valence-corrected chi connectivity index (χ4v) is 5.16. The van der Waals surface area contributed by atoms with Crippen molar-refractivity contribution in [2.24, 2.45) is 0 Å². The summed E-state index contributed by atoms with van der Waals surface area (Å²) < 4.78 is 28.9. The van der Waals surface area contributed by atoms with Gasteiger partial charge in [0.1, 0.15) is 0 Å². The van der Waals surface area contributed by atoms with E-state index in [1.54, 1.807) is 18.2 Å². The molecule has 0 radical (unpaired) electrons. The van der Waals surface area contributed by atoms with Gasteiger partial charge in [-0.05, 0) is 61.8 Å². The van der Waals surface area contributed by atoms with Crippen molar-refractivity contribution in [3.63, 3.8) is 0 Å². The van der Waals surface area contributed by atoms with E-state index >= 15 is 0 Å². The lowest BCUT2D eigenvalue weighted by Crippen LogP contribution is -2.17. The molecule has 140 valence electrons. The van der Waals surface area contributed by atoms with Crippen molar-refractivity contribution in [1.29, 1.82) is 0 Å². The molecule has 1 aliphatic heterocycles. The molecule has 6 heteroatoms. The van der Waals surface area contributed by atoms with E-state index in [1.165, 1.54) is 11.1 Å². The smallest absolute Gasteiger partial charge is 0.262 e. The Hall–Kier alpha value is -2.08. The summed E-state index contributed by atoms with van der Waals surface area (Å²) in [6.45, 7) is 1.88. The molecule has 1 N–H and O–H groups in total. The van der Waals surface area contributed by atoms with Crippen molar-refractivity contribution < 1.29 is 8.42 Å². The maximum Gasteiger partial charge on any atom is 0.262 e. The minimum atomic E-state index is -3.73. The van der Waals surface area contributed by atoms with Gasteiger partial charge in [0.25, 0.3) is 10.0 Å². The normalized spacial score (nSPS) is 15.3. The lowest BCUT2D eigenvalue weighted by molar-refractivity contribution is 0.332. The highest BCUT2D eigenvalue weighted by molar-refractivity contribution is 7.93. The van der Waals surface area contributed by atoms with E-state index in [0.717, 1.165) is 31.3 Å². The number of hydrogen-bond acceptors (Lipinski definition) is 3. The summed E-state index contributed by atoms with van der Waals surface area (Å²) in [4.78, 5) is 2.49. The predicted octanol–water partition coefficient (Wildman–Crippen LogP) is 4.67. The lowest BCUT2D eigenvalue weighted by Gasteiger charge is -2.15. The summed E-state index contributed by atoms with van der Waals surface area (Å²) in [7, 11) is -1.64. The van der Waals surface area contributed by atoms with E-state index < -0.39 is 10.0 Å². The number of benzene rings is 3. The molecule has 3 aromatic rings. The van der Waals surface area contributed by atoms with Gasteiger partial charge < -0.3 is 4.90 Å². The fourth-order valence-electron chi connectivity index (χ4n) is 3.67. The average Bonchev–Trinajstić information content (AvgIpc) is 2.81. The SMILES string of the molecule is CN1CCCc2ccc(NS(=O)(=O)c3ccc(Cl)c4ccccc34)cc2C1. The average molecular weight is 401 g/mol. The van der Waals surface area contributed by atoms with E-state index in [0.29, 0.717) is 16.1 Å². The third-order valence-electron chi connectivity index (χ3n) is 5.01. The van der Waals surface area contributed by atoms with Crippen LogP contribution in [-0.2, 0) is 23.0 Å². The minimum Gasteiger partial charge on any atom is -0.302 e. The molecular weight excluding hydrogens is 380 g/mol. The molecule has 0 spiro atoms. The summed E-state index contributed by atoms with van der Waals surface area (Å²) in [6.07, 6.45) is 2.14. The van der Waals surface area contributed by atoms with Crippen molar-refractivity contribution in [1.82, 2.24) is 4.90 Å². The maximum atomic E-state index is 13.1. The molecule has 0 atom stereocenters. The van der Waals surface area contributed by atoms with Crippen LogP contribution in [0.5, 0.6) is 0 Å². The van der Waals surface area contributed by atoms with Gasteiger partial charge in [0.2, 0.25) is 0 Å². The molecule has 0 fully saturated rings. The second kappa shape index (κ2) is 7.15. The first-order valence-electron chi connectivity index (χ1n) is 8.94. The zero-order valence-corrected chi connectivity index (χ0v) is 16.6. The summed E-state index contributed by atoms with van der Waals surface area (Å²) in [5, 5.41) is 1.88. The minimum absolute atomic E-state index is 0.231. The Bertz CT molecular complexity index is 1110. The molecule has 4 rings (SSSR count). The standard InChI is InChI=1S/C21H21ClN2O2S/c1-24-12-4-5-15-8-9-17(13-16(15)14-24)23-27(25,26)21-11-10-20(22)18-6-2-3-7-19(18)21/h2-3,6-11,13,23H,4-5,12,14H2,1H3. The van der Waals surface area contributed by atoms with Gasteiger partial charge >= 0.3 is 0 Å². The number of anilines is 1. The van der Waals surface area contributed by atoms with Gasteiger partial charge in [-0.2, -0.15) is 0 Å². The summed E-state index contributed by atoms with van der Waals surface area (Å²) in [5.74, 6) is 0. The third kappa shape index (κ3) is 3.68. The van der Waals surface area contributed by atoms with Crippen molar-refractivity contribution >= 4 is 38.1 Å². The molecule has 1 heterocycles. The van der Waals surface area contributed by atoms with Crippen LogP contribution in [0.2, 0.25) is 5.02 Å². The molecule has 0 amide bonds. The molecular formula is C21H21ClN2O2S. The molecule has 0 aromatic heterocycles. The Morgan fingerprint density at radius 1 is 1.00 bits per heavy atom. The van der Waals surface area contributed by atoms with Crippen molar-refractivity contribution in [3.8, 4) is 0 Å². The van der Waals surface area contributed by atoms with Crippen LogP contribution in [0.4, 0.5) is 5.69 Å². The van der Waals surface area contributed by atoms with Gasteiger partial charge in [0.15, 0.2) is 0 Å². The zero-order chi connectivity index (χ0) is 19.0. The molecule has 0 aliphatic carbocycles. The van der Waals surface area contributed by atoms with E-state index in [9.17, 15) is 8.42 Å². The highest BCUT2D eigenvalue weighted by Crippen LogP contribution is 2.31. The number of sulfonamides is 1. The van der Waals surface area contributed by atoms with Crippen molar-refractivity contribution in [2.45, 2.75) is 24.3 Å². The van der Waals surface area contributed by atoms with Gasteiger partial charge in [-0.25, -0.2) is 8.42 Å². The Labute approximate surface area is 164 Å². The topological polar surface area (TPSA) is 49.4 Å². The number of fused-ring (bicyclic) bond motifs is 2. The van der Waals surface area contributed by atoms with Crippen LogP contribution in [0.1, 0.15) is 17.5 Å². The number of aryl methyl sites for hydroxylation is 1. The molecule has 4 nitrogen and oxygen atoms in total. The summed E-state index contributed by atoms with van der Waals surface area (Å²) in [5.41, 5.74) is 3.05. The van der Waals surface area contributed by atoms with Crippen LogP contribution < -0.4 is 4.72 Å². The van der Waals surface area contributed by atoms with Crippen LogP contribution in [0.25, 0.3) is 10.8 Å². The van der Waals surface area contributed by atoms with Gasteiger partial charge in [-0.15, -0.1) is 0 Å². The molecule has 27 heavy (non-hydrogen) atoms. The van der Waals surface area contributed by atoms with Crippen LogP contribution in [0.3, 0.4) is 0 Å². The van der Waals surface area contributed by atoms with Crippen molar-refractivity contribution in [2.75, 3.05) is 18.3 Å². The first-order valence-corrected chi connectivity index (χ1v) is 10.8. The summed E-state index contributed by atoms with van der Waals surface area (Å²) in [6, 6.07) is 16.3. The Morgan fingerprint density at radius 3 is 2.59 bits per heavy atom. The monoisotopic (exact) mass is 400 g/mol. The highest BCUT2D eigenvalue weighted by atomic mass is 35.5. The highest BCUT2D eigenvalue weighted by Gasteiger charge is 2.20. The summed E-state index contributed by atoms with van der Waals surface area (Å²) >= 11 is 6.23. The molecule has 0 unspecified atom stereocenters. The maximum absolute atomic E-state index is 13.1. The second-order valence-electron chi connectivity index (χ2n) is 7.02. The van der Waals surface area contributed by atoms with Crippen LogP contribution >= 0.6 is 11.6 Å². The van der Waals surface area contributed by atoms with E-state index in [-0.39, 0.29) is 4.90 Å². The van der Waals surface area contributed by atoms with Gasteiger partial charge in [-0.3, -0.25) is 4.72 Å². The van der Waals surface area contributed by atoms with Crippen LogP contribution in [0, 0.1) is 0 Å². The molecule has 3 aromatic carbocycles. The van der Waals surface area contributed by atoms with Gasteiger partial charge in [-0.1, -0.05) is 41.9 Å². The van der Waals surface area contributed by atoms with Crippen LogP contribution in [-0.4, -0.2) is 26.9 Å². The van der Waals surface area contributed by atoms with E-state index in [1.807, 2.05) is 36.4 Å². The number of halogens is 1. The van der Waals surface area contributed by atoms with E-state index in [2.05, 4.69) is 16.7 Å². The third-order valence-corrected chi connectivity index (χ3v) is 6.77. The molecule has 1 aliphatic rings. The predicted molar refractivity (Wildman–Crippen MR) is 111 cm³/mol. The van der Waals surface area contributed by atoms with E-state index in [4.69, 9.17) is 11.6 Å². The number of rotatable bonds is 3. The van der Waals surface area contributed by atoms with Gasteiger partial charge in [0.05, 0.1) is 4.90 Å². The Balaban J connectivity index is 1.72. The largest absolute Gasteiger partial charge is 0.302 e. The fraction of sp³-hybridized carbons (Fsp3) is 0.238. The lowest BCUT2D eigenvalue weighted by atomic mass is 10.0. The van der Waals surface area contributed by atoms with Gasteiger partial charge in [0, 0.05) is 28.0 Å². The molecule has 0 bridgehead atoms. The number of hydrogen-bond donors (Lipinski definition) is 1. The zero-order valence-electron chi connectivity index (χ0n) is 15.1. The van der Waals surface area contributed by atoms with Crippen molar-refractivity contribution in [3.05, 3.63) is 70.7 Å². The Kier molecular flexibility index (Phi) is 4.84. The molecule has 0 saturated heterocycles. The van der Waals surface area contributed by atoms with Crippen LogP contribution in [0.15, 0.2) is 59.5 Å². The Morgan fingerprint density at radius 2 is 1.78 bits per heavy atom. The molecule has 0 saturated carbocycles. The number of nitrogens with one attached hydrogen (secondary N) is 1. The number of nitrogens with zero attached hydrogens (tertiary/aromatic N) is 1. The second-order valence-corrected chi connectivity index (χ2v) is 9.08. The first-order chi connectivity index (χ1) is 12.9.